The highest BCUT2D eigenvalue weighted by molar-refractivity contribution is 5.80. The first-order valence-corrected chi connectivity index (χ1v) is 9.94. The van der Waals surface area contributed by atoms with Gasteiger partial charge in [-0.1, -0.05) is 26.0 Å². The quantitative estimate of drug-likeness (QED) is 0.723. The lowest BCUT2D eigenvalue weighted by molar-refractivity contribution is -0.139. The van der Waals surface area contributed by atoms with Crippen molar-refractivity contribution in [3.63, 3.8) is 0 Å². The van der Waals surface area contributed by atoms with Gasteiger partial charge in [0, 0.05) is 25.2 Å². The van der Waals surface area contributed by atoms with Gasteiger partial charge < -0.3 is 19.7 Å². The molecule has 0 saturated heterocycles. The second kappa shape index (κ2) is 9.20. The zero-order chi connectivity index (χ0) is 23.5. The molecule has 0 radical (unpaired) electrons. The molecule has 168 valence electrons. The van der Waals surface area contributed by atoms with Crippen molar-refractivity contribution >= 4 is 12.1 Å². The van der Waals surface area contributed by atoms with Crippen molar-refractivity contribution < 1.29 is 19.4 Å². The lowest BCUT2D eigenvalue weighted by Gasteiger charge is -2.22. The standard InChI is InChI=1S/C22H29N3O6/c1-13(2)17-12-18(26)25(21(30)24(17)6)15-9-7-14(8-10-15)11-16(19(27)28)23-20(29)31-22(3,4)5/h7-10,12-13,16H,11H2,1-6H3,(H,23,29)(H,27,28)/t16-/m0/s1. The van der Waals surface area contributed by atoms with Gasteiger partial charge in [0.2, 0.25) is 0 Å². The molecule has 0 bridgehead atoms. The third kappa shape index (κ3) is 6.07. The lowest BCUT2D eigenvalue weighted by atomic mass is 10.1. The summed E-state index contributed by atoms with van der Waals surface area (Å²) in [6.45, 7) is 8.85. The summed E-state index contributed by atoms with van der Waals surface area (Å²) in [5, 5.41) is 11.8. The molecule has 0 aliphatic heterocycles. The highest BCUT2D eigenvalue weighted by Gasteiger charge is 2.24. The Labute approximate surface area is 180 Å². The van der Waals surface area contributed by atoms with Crippen LogP contribution < -0.4 is 16.6 Å². The Bertz CT molecular complexity index is 1070. The summed E-state index contributed by atoms with van der Waals surface area (Å²) in [6, 6.07) is 6.61. The summed E-state index contributed by atoms with van der Waals surface area (Å²) in [7, 11) is 1.61. The smallest absolute Gasteiger partial charge is 0.408 e. The van der Waals surface area contributed by atoms with E-state index in [1.165, 1.54) is 10.6 Å². The maximum Gasteiger partial charge on any atom is 0.408 e. The first-order valence-electron chi connectivity index (χ1n) is 9.94. The van der Waals surface area contributed by atoms with Crippen LogP contribution in [-0.2, 0) is 23.0 Å². The zero-order valence-electron chi connectivity index (χ0n) is 18.6. The number of aromatic nitrogens is 2. The van der Waals surface area contributed by atoms with E-state index in [2.05, 4.69) is 5.32 Å². The number of hydrogen-bond acceptors (Lipinski definition) is 5. The molecule has 2 aromatic rings. The third-order valence-corrected chi connectivity index (χ3v) is 4.57. The zero-order valence-corrected chi connectivity index (χ0v) is 18.6. The number of benzene rings is 1. The molecular formula is C22H29N3O6. The minimum Gasteiger partial charge on any atom is -0.480 e. The van der Waals surface area contributed by atoms with E-state index >= 15 is 0 Å². The van der Waals surface area contributed by atoms with Gasteiger partial charge in [-0.25, -0.2) is 19.0 Å². The molecule has 9 heteroatoms. The van der Waals surface area contributed by atoms with Crippen molar-refractivity contribution in [2.45, 2.75) is 58.6 Å². The number of amides is 1. The molecule has 0 aliphatic rings. The average molecular weight is 431 g/mol. The number of ether oxygens (including phenoxy) is 1. The minimum absolute atomic E-state index is 0.00799. The third-order valence-electron chi connectivity index (χ3n) is 4.57. The van der Waals surface area contributed by atoms with E-state index in [0.717, 1.165) is 4.57 Å². The fourth-order valence-electron chi connectivity index (χ4n) is 3.10. The lowest BCUT2D eigenvalue weighted by Crippen LogP contribution is -2.44. The average Bonchev–Trinajstić information content (AvgIpc) is 2.63. The number of carbonyl (C=O) groups is 2. The number of hydrogen-bond donors (Lipinski definition) is 2. The molecule has 1 heterocycles. The van der Waals surface area contributed by atoms with Crippen molar-refractivity contribution in [3.8, 4) is 5.69 Å². The number of nitrogens with zero attached hydrogens (tertiary/aromatic N) is 2. The first kappa shape index (κ1) is 23.9. The van der Waals surface area contributed by atoms with Crippen molar-refractivity contribution in [1.29, 1.82) is 0 Å². The first-order chi connectivity index (χ1) is 14.3. The number of rotatable bonds is 6. The second-order valence-electron chi connectivity index (χ2n) is 8.65. The van der Waals surface area contributed by atoms with Gasteiger partial charge in [-0.05, 0) is 44.4 Å². The Kier molecular flexibility index (Phi) is 7.09. The van der Waals surface area contributed by atoms with Gasteiger partial charge in [-0.2, -0.15) is 0 Å². The van der Waals surface area contributed by atoms with Crippen LogP contribution in [0.25, 0.3) is 5.69 Å². The summed E-state index contributed by atoms with van der Waals surface area (Å²) < 4.78 is 7.60. The van der Waals surface area contributed by atoms with Gasteiger partial charge in [-0.15, -0.1) is 0 Å². The van der Waals surface area contributed by atoms with E-state index in [1.807, 2.05) is 13.8 Å². The number of alkyl carbamates (subject to hydrolysis) is 1. The Morgan fingerprint density at radius 3 is 2.19 bits per heavy atom. The number of carbonyl (C=O) groups excluding carboxylic acids is 1. The molecule has 0 fully saturated rings. The largest absolute Gasteiger partial charge is 0.480 e. The number of carboxylic acids is 1. The van der Waals surface area contributed by atoms with Gasteiger partial charge in [0.25, 0.3) is 5.56 Å². The van der Waals surface area contributed by atoms with Crippen LogP contribution in [0.5, 0.6) is 0 Å². The van der Waals surface area contributed by atoms with Crippen LogP contribution in [-0.4, -0.2) is 37.9 Å². The molecule has 1 aromatic heterocycles. The topological polar surface area (TPSA) is 120 Å². The highest BCUT2D eigenvalue weighted by Crippen LogP contribution is 2.13. The fourth-order valence-corrected chi connectivity index (χ4v) is 3.10. The molecule has 31 heavy (non-hydrogen) atoms. The molecular weight excluding hydrogens is 402 g/mol. The molecule has 2 N–H and O–H groups in total. The van der Waals surface area contributed by atoms with Crippen LogP contribution in [0.2, 0.25) is 0 Å². The molecule has 1 atom stereocenters. The predicted molar refractivity (Wildman–Crippen MR) is 116 cm³/mol. The number of nitrogens with one attached hydrogen (secondary N) is 1. The van der Waals surface area contributed by atoms with Crippen LogP contribution in [0.3, 0.4) is 0 Å². The Balaban J connectivity index is 2.26. The van der Waals surface area contributed by atoms with E-state index < -0.39 is 35.0 Å². The van der Waals surface area contributed by atoms with Crippen molar-refractivity contribution in [3.05, 3.63) is 62.4 Å². The van der Waals surface area contributed by atoms with E-state index in [9.17, 15) is 24.3 Å². The van der Waals surface area contributed by atoms with E-state index in [1.54, 1.807) is 52.1 Å². The van der Waals surface area contributed by atoms with Crippen molar-refractivity contribution in [2.75, 3.05) is 0 Å². The Hall–Kier alpha value is -3.36. The fraction of sp³-hybridized carbons (Fsp3) is 0.455. The summed E-state index contributed by atoms with van der Waals surface area (Å²) in [5.74, 6) is -1.18. The van der Waals surface area contributed by atoms with Gasteiger partial charge >= 0.3 is 17.8 Å². The SMILES string of the molecule is CC(C)c1cc(=O)n(-c2ccc(C[C@H](NC(=O)OC(C)(C)C)C(=O)O)cc2)c(=O)n1C. The van der Waals surface area contributed by atoms with Crippen molar-refractivity contribution in [2.24, 2.45) is 7.05 Å². The summed E-state index contributed by atoms with van der Waals surface area (Å²) in [5.41, 5.74) is -0.0271. The Morgan fingerprint density at radius 1 is 1.13 bits per heavy atom. The van der Waals surface area contributed by atoms with Crippen LogP contribution in [0.15, 0.2) is 39.9 Å². The van der Waals surface area contributed by atoms with Crippen LogP contribution >= 0.6 is 0 Å². The maximum absolute atomic E-state index is 12.7. The van der Waals surface area contributed by atoms with E-state index in [-0.39, 0.29) is 12.3 Å². The van der Waals surface area contributed by atoms with Gasteiger partial charge in [-0.3, -0.25) is 4.79 Å². The summed E-state index contributed by atoms with van der Waals surface area (Å²) >= 11 is 0. The highest BCUT2D eigenvalue weighted by atomic mass is 16.6. The minimum atomic E-state index is -1.20. The van der Waals surface area contributed by atoms with Crippen LogP contribution in [0.1, 0.15) is 51.8 Å². The molecule has 9 nitrogen and oxygen atoms in total. The molecule has 0 saturated carbocycles. The molecule has 0 aliphatic carbocycles. The second-order valence-corrected chi connectivity index (χ2v) is 8.65. The van der Waals surface area contributed by atoms with Gasteiger partial charge in [0.05, 0.1) is 5.69 Å². The summed E-state index contributed by atoms with van der Waals surface area (Å²) in [4.78, 5) is 48.7. The van der Waals surface area contributed by atoms with E-state index in [0.29, 0.717) is 16.9 Å². The van der Waals surface area contributed by atoms with Gasteiger partial charge in [0.15, 0.2) is 0 Å². The van der Waals surface area contributed by atoms with Gasteiger partial charge in [0.1, 0.15) is 11.6 Å². The maximum atomic E-state index is 12.7. The molecule has 2 rings (SSSR count). The van der Waals surface area contributed by atoms with Crippen LogP contribution in [0, 0.1) is 0 Å². The number of carboxylic acid groups (broad SMARTS) is 1. The normalized spacial score (nSPS) is 12.5. The monoisotopic (exact) mass is 431 g/mol. The predicted octanol–water partition coefficient (Wildman–Crippen LogP) is 2.18. The molecule has 0 unspecified atom stereocenters. The summed E-state index contributed by atoms with van der Waals surface area (Å²) in [6.07, 6.45) is -0.814. The van der Waals surface area contributed by atoms with Crippen LogP contribution in [0.4, 0.5) is 4.79 Å². The Morgan fingerprint density at radius 2 is 1.71 bits per heavy atom. The molecule has 0 spiro atoms. The molecule has 1 aromatic carbocycles. The van der Waals surface area contributed by atoms with E-state index in [4.69, 9.17) is 4.74 Å². The number of aliphatic carboxylic acids is 1. The van der Waals surface area contributed by atoms with Crippen molar-refractivity contribution in [1.82, 2.24) is 14.5 Å². The molecule has 1 amide bonds.